The fraction of sp³-hybridized carbons (Fsp3) is 0.250. The molecule has 0 bridgehead atoms. The van der Waals surface area contributed by atoms with Crippen molar-refractivity contribution in [3.05, 3.63) is 69.9 Å². The number of nitrogens with two attached hydrogens (primary N) is 3. The number of hydrogen-bond acceptors (Lipinski definition) is 13. The molecule has 0 unspecified atom stereocenters. The normalized spacial score (nSPS) is 10.7. The number of carboxylic acids is 2. The summed E-state index contributed by atoms with van der Waals surface area (Å²) < 4.78 is 62.2. The lowest BCUT2D eigenvalue weighted by Crippen LogP contribution is -2.08. The number of aromatic nitrogens is 2. The van der Waals surface area contributed by atoms with Crippen LogP contribution in [0.3, 0.4) is 0 Å². The number of nitro groups is 1. The zero-order valence-corrected chi connectivity index (χ0v) is 34.1. The van der Waals surface area contributed by atoms with E-state index in [4.69, 9.17) is 41.9 Å². The van der Waals surface area contributed by atoms with Crippen LogP contribution in [0.1, 0.15) is 29.0 Å². The Bertz CT molecular complexity index is 1910. The number of carbonyl (C=O) groups is 2. The Morgan fingerprint density at radius 2 is 1.52 bits per heavy atom. The standard InChI is InChI=1S/C7H5Br2NO2.C7H9N3O4.C6H5Br2NO3S.C4H10N2O3S2/c8-3-1-4(7(11)12)6(10)5(9)2-3;1-5-8-6(10(13)14)4-9(5)3-2-7(11)12;7-4-1-3(13(10,11)12)2-5(8)6(4)9;5-4(6)10-2-1-3-11(7,8)9/h1-2H,10H2,(H,11,12);4H,2-3H2,1H3,(H,11,12);1-2H,9H2,(H,10,11,12);1-3H2,(H3,5,6)(H,7,8,9). The molecule has 0 aliphatic heterocycles. The van der Waals surface area contributed by atoms with Gasteiger partial charge in [-0.2, -0.15) is 16.8 Å². The van der Waals surface area contributed by atoms with E-state index in [0.29, 0.717) is 41.6 Å². The van der Waals surface area contributed by atoms with Gasteiger partial charge in [-0.25, -0.2) is 4.79 Å². The highest BCUT2D eigenvalue weighted by atomic mass is 79.9. The van der Waals surface area contributed by atoms with E-state index in [9.17, 15) is 36.5 Å². The number of aliphatic carboxylic acids is 1. The van der Waals surface area contributed by atoms with Crippen molar-refractivity contribution in [2.75, 3.05) is 23.0 Å². The van der Waals surface area contributed by atoms with Crippen molar-refractivity contribution >= 4 is 130 Å². The number of thioether (sulfide) groups is 1. The topological polar surface area (TPSA) is 346 Å². The molecule has 50 heavy (non-hydrogen) atoms. The second-order valence-electron chi connectivity index (χ2n) is 9.02. The van der Waals surface area contributed by atoms with Gasteiger partial charge in [0.15, 0.2) is 5.17 Å². The molecule has 19 nitrogen and oxygen atoms in total. The predicted octanol–water partition coefficient (Wildman–Crippen LogP) is 5.00. The molecule has 0 aliphatic carbocycles. The minimum absolute atomic E-state index is 0.0414. The van der Waals surface area contributed by atoms with Gasteiger partial charge in [0.2, 0.25) is 5.82 Å². The molecule has 278 valence electrons. The highest BCUT2D eigenvalue weighted by Crippen LogP contribution is 2.31. The number of halogens is 4. The minimum Gasteiger partial charge on any atom is -0.481 e. The van der Waals surface area contributed by atoms with E-state index in [0.717, 1.165) is 11.8 Å². The van der Waals surface area contributed by atoms with Gasteiger partial charge in [0, 0.05) is 37.1 Å². The molecule has 1 aromatic heterocycles. The number of anilines is 2. The molecule has 26 heteroatoms. The molecule has 11 N–H and O–H groups in total. The Hall–Kier alpha value is -2.85. The monoisotopic (exact) mass is 1020 g/mol. The van der Waals surface area contributed by atoms with Crippen LogP contribution < -0.4 is 17.2 Å². The summed E-state index contributed by atoms with van der Waals surface area (Å²) in [6, 6.07) is 5.62. The second kappa shape index (κ2) is 21.5. The average molecular weight is 1020 g/mol. The number of carboxylic acid groups (broad SMARTS) is 2. The van der Waals surface area contributed by atoms with Crippen molar-refractivity contribution in [1.82, 2.24) is 9.55 Å². The van der Waals surface area contributed by atoms with E-state index in [1.54, 1.807) is 13.0 Å². The summed E-state index contributed by atoms with van der Waals surface area (Å²) in [6.45, 7) is 1.79. The van der Waals surface area contributed by atoms with Crippen LogP contribution in [0.5, 0.6) is 0 Å². The highest BCUT2D eigenvalue weighted by Gasteiger charge is 2.16. The Kier molecular flexibility index (Phi) is 20.3. The lowest BCUT2D eigenvalue weighted by molar-refractivity contribution is -0.389. The summed E-state index contributed by atoms with van der Waals surface area (Å²) in [5, 5.41) is 34.1. The lowest BCUT2D eigenvalue weighted by Gasteiger charge is -2.03. The van der Waals surface area contributed by atoms with Crippen molar-refractivity contribution in [2.45, 2.75) is 31.2 Å². The van der Waals surface area contributed by atoms with Crippen molar-refractivity contribution in [3.63, 3.8) is 0 Å². The van der Waals surface area contributed by atoms with Gasteiger partial charge in [0.1, 0.15) is 6.20 Å². The number of aromatic carboxylic acids is 1. The summed E-state index contributed by atoms with van der Waals surface area (Å²) >= 11 is 13.5. The molecule has 0 amide bonds. The zero-order chi connectivity index (χ0) is 39.1. The van der Waals surface area contributed by atoms with Crippen molar-refractivity contribution < 1.29 is 50.7 Å². The Morgan fingerprint density at radius 3 is 1.92 bits per heavy atom. The van der Waals surface area contributed by atoms with Crippen LogP contribution >= 0.6 is 75.5 Å². The summed E-state index contributed by atoms with van der Waals surface area (Å²) in [7, 11) is -8.03. The molecule has 3 aromatic rings. The van der Waals surface area contributed by atoms with Crippen LogP contribution in [0.4, 0.5) is 17.2 Å². The first-order valence-electron chi connectivity index (χ1n) is 12.8. The van der Waals surface area contributed by atoms with Crippen LogP contribution in [0.2, 0.25) is 0 Å². The molecule has 0 atom stereocenters. The molecule has 0 fully saturated rings. The first kappa shape index (κ1) is 47.1. The van der Waals surface area contributed by atoms with Gasteiger partial charge in [-0.05, 0) is 88.4 Å². The van der Waals surface area contributed by atoms with Gasteiger partial charge >= 0.3 is 17.8 Å². The molecular formula is C24H29Br4N7O12S3. The molecule has 0 saturated carbocycles. The summed E-state index contributed by atoms with van der Waals surface area (Å²) in [5.41, 5.74) is 16.7. The summed E-state index contributed by atoms with van der Waals surface area (Å²) in [4.78, 5) is 34.0. The van der Waals surface area contributed by atoms with E-state index >= 15 is 0 Å². The number of aryl methyl sites for hydroxylation is 2. The van der Waals surface area contributed by atoms with E-state index in [1.165, 1.54) is 29.0 Å². The maximum Gasteiger partial charge on any atom is 0.381 e. The average Bonchev–Trinajstić information content (AvgIpc) is 3.35. The third kappa shape index (κ3) is 18.9. The number of hydrogen-bond donors (Lipinski definition) is 8. The van der Waals surface area contributed by atoms with Crippen molar-refractivity contribution in [2.24, 2.45) is 5.73 Å². The van der Waals surface area contributed by atoms with Crippen molar-refractivity contribution in [3.8, 4) is 0 Å². The number of amidine groups is 1. The second-order valence-corrected chi connectivity index (χ2v) is 16.6. The SMILES string of the molecule is Cc1nc([N+](=O)[O-])cn1CCC(=O)O.N=C(N)SCCCS(=O)(=O)O.Nc1c(Br)cc(Br)cc1C(=O)O.Nc1c(Br)cc(S(=O)(=O)O)cc1Br. The maximum atomic E-state index is 10.7. The van der Waals surface area contributed by atoms with Crippen molar-refractivity contribution in [1.29, 1.82) is 5.41 Å². The summed E-state index contributed by atoms with van der Waals surface area (Å²) in [5.74, 6) is -1.62. The third-order valence-electron chi connectivity index (χ3n) is 5.20. The quantitative estimate of drug-likeness (QED) is 0.0252. The minimum atomic E-state index is -4.18. The van der Waals surface area contributed by atoms with Gasteiger partial charge in [0.25, 0.3) is 20.2 Å². The third-order valence-corrected chi connectivity index (χ3v) is 10.1. The number of nitrogens with one attached hydrogen (secondary N) is 1. The molecule has 3 rings (SSSR count). The first-order chi connectivity index (χ1) is 22.8. The van der Waals surface area contributed by atoms with Gasteiger partial charge in [-0.1, -0.05) is 27.7 Å². The molecule has 1 heterocycles. The van der Waals surface area contributed by atoms with E-state index in [2.05, 4.69) is 68.7 Å². The van der Waals surface area contributed by atoms with E-state index in [1.807, 2.05) is 0 Å². The fourth-order valence-corrected chi connectivity index (χ4v) is 7.37. The smallest absolute Gasteiger partial charge is 0.381 e. The number of benzene rings is 2. The number of rotatable bonds is 10. The maximum absolute atomic E-state index is 10.7. The Balaban J connectivity index is 0.000000643. The first-order valence-corrected chi connectivity index (χ1v) is 20.0. The molecule has 2 aromatic carbocycles. The van der Waals surface area contributed by atoms with Crippen LogP contribution in [0.15, 0.2) is 53.2 Å². The zero-order valence-electron chi connectivity index (χ0n) is 25.3. The van der Waals surface area contributed by atoms with E-state index < -0.39 is 37.1 Å². The van der Waals surface area contributed by atoms with Crippen LogP contribution in [-0.4, -0.2) is 79.2 Å². The molecule has 0 aliphatic rings. The molecule has 0 radical (unpaired) electrons. The molecule has 0 saturated heterocycles. The van der Waals surface area contributed by atoms with Crippen LogP contribution in [0.25, 0.3) is 0 Å². The van der Waals surface area contributed by atoms with Gasteiger partial charge in [-0.15, -0.1) is 0 Å². The van der Waals surface area contributed by atoms with Gasteiger partial charge < -0.3 is 42.1 Å². The largest absolute Gasteiger partial charge is 0.481 e. The van der Waals surface area contributed by atoms with Gasteiger partial charge in [-0.3, -0.25) is 19.3 Å². The van der Waals surface area contributed by atoms with Crippen LogP contribution in [0, 0.1) is 22.4 Å². The molecular weight excluding hydrogens is 994 g/mol. The van der Waals surface area contributed by atoms with E-state index in [-0.39, 0.29) is 45.9 Å². The summed E-state index contributed by atoms with van der Waals surface area (Å²) in [6.07, 6.45) is 1.47. The van der Waals surface area contributed by atoms with Gasteiger partial charge in [0.05, 0.1) is 34.0 Å². The lowest BCUT2D eigenvalue weighted by atomic mass is 10.2. The number of nitrogen functional groups attached to an aromatic ring is 2. The number of imidazole rings is 1. The Labute approximate surface area is 323 Å². The molecule has 0 spiro atoms. The highest BCUT2D eigenvalue weighted by molar-refractivity contribution is 9.11. The Morgan fingerprint density at radius 1 is 1.00 bits per heavy atom. The predicted molar refractivity (Wildman–Crippen MR) is 201 cm³/mol. The van der Waals surface area contributed by atoms with Crippen LogP contribution in [-0.2, 0) is 31.6 Å². The fourth-order valence-electron chi connectivity index (χ4n) is 2.92. The number of nitrogens with zero attached hydrogens (tertiary/aromatic N) is 3.